The second-order valence-corrected chi connectivity index (χ2v) is 9.88. The van der Waals surface area contributed by atoms with Gasteiger partial charge in [-0.3, -0.25) is 4.79 Å². The van der Waals surface area contributed by atoms with Crippen LogP contribution in [0.1, 0.15) is 66.2 Å². The van der Waals surface area contributed by atoms with Crippen molar-refractivity contribution in [1.29, 1.82) is 0 Å². The van der Waals surface area contributed by atoms with Gasteiger partial charge in [0.05, 0.1) is 0 Å². The molecule has 0 spiro atoms. The number of ketones is 1. The summed E-state index contributed by atoms with van der Waals surface area (Å²) in [6, 6.07) is 0. The van der Waals surface area contributed by atoms with E-state index in [1.807, 2.05) is 0 Å². The number of allylic oxidation sites excluding steroid dienone is 2. The summed E-state index contributed by atoms with van der Waals surface area (Å²) in [6.07, 6.45) is 11.4. The van der Waals surface area contributed by atoms with E-state index in [9.17, 15) is 9.90 Å². The minimum absolute atomic E-state index is 0.161. The number of terminal acetylenes is 1. The molecule has 0 saturated heterocycles. The molecule has 0 aliphatic heterocycles. The summed E-state index contributed by atoms with van der Waals surface area (Å²) in [7, 11) is 0. The Labute approximate surface area is 152 Å². The van der Waals surface area contributed by atoms with Crippen LogP contribution in [-0.4, -0.2) is 16.5 Å². The molecule has 0 heterocycles. The van der Waals surface area contributed by atoms with Crippen molar-refractivity contribution in [3.05, 3.63) is 11.1 Å². The number of hydrogen-bond donors (Lipinski definition) is 1. The van der Waals surface area contributed by atoms with Crippen molar-refractivity contribution in [2.75, 3.05) is 0 Å². The van der Waals surface area contributed by atoms with Crippen LogP contribution in [0.2, 0.25) is 0 Å². The van der Waals surface area contributed by atoms with E-state index in [4.69, 9.17) is 6.42 Å². The number of rotatable bonds is 0. The molecule has 2 saturated carbocycles. The van der Waals surface area contributed by atoms with Crippen LogP contribution in [0.5, 0.6) is 0 Å². The summed E-state index contributed by atoms with van der Waals surface area (Å²) in [4.78, 5) is 12.0. The maximum absolute atomic E-state index is 12.0. The molecule has 0 aromatic heterocycles. The van der Waals surface area contributed by atoms with Gasteiger partial charge in [0, 0.05) is 18.3 Å². The van der Waals surface area contributed by atoms with E-state index in [2.05, 4.69) is 33.6 Å². The summed E-state index contributed by atoms with van der Waals surface area (Å²) in [5.41, 5.74) is 1.91. The van der Waals surface area contributed by atoms with E-state index in [0.717, 1.165) is 32.1 Å². The van der Waals surface area contributed by atoms with Crippen molar-refractivity contribution >= 4 is 5.78 Å². The third-order valence-electron chi connectivity index (χ3n) is 8.63. The van der Waals surface area contributed by atoms with Crippen molar-refractivity contribution < 1.29 is 9.90 Å². The third-order valence-corrected chi connectivity index (χ3v) is 8.63. The zero-order valence-corrected chi connectivity index (χ0v) is 16.1. The van der Waals surface area contributed by atoms with Crippen LogP contribution in [0.15, 0.2) is 11.1 Å². The topological polar surface area (TPSA) is 37.3 Å². The summed E-state index contributed by atoms with van der Waals surface area (Å²) in [5.74, 6) is 6.20. The van der Waals surface area contributed by atoms with Gasteiger partial charge in [-0.1, -0.05) is 44.8 Å². The standard InChI is InChI=1S/C23H32O2/c1-6-23(25)15(4)10-19-21-13(2)9-16-11-17(24)7-8-18(16)20(21)14(3)12-22(19,23)5/h1,13-15,19-21,25H,7-12H2,2-5H3/t13-,14+,15-,19?,20?,21?,22+,23+/m1/s1. The number of hydrogen-bond acceptors (Lipinski definition) is 2. The zero-order chi connectivity index (χ0) is 18.1. The molecule has 0 radical (unpaired) electrons. The number of carbonyl (C=O) groups excluding carboxylic acids is 1. The van der Waals surface area contributed by atoms with E-state index in [-0.39, 0.29) is 11.3 Å². The summed E-state index contributed by atoms with van der Waals surface area (Å²) in [6.45, 7) is 9.13. The van der Waals surface area contributed by atoms with Gasteiger partial charge in [-0.2, -0.15) is 0 Å². The molecule has 2 heteroatoms. The van der Waals surface area contributed by atoms with Crippen LogP contribution >= 0.6 is 0 Å². The molecule has 2 nitrogen and oxygen atoms in total. The molecule has 0 aromatic carbocycles. The monoisotopic (exact) mass is 340 g/mol. The molecule has 0 aromatic rings. The van der Waals surface area contributed by atoms with Crippen molar-refractivity contribution in [2.24, 2.45) is 40.9 Å². The van der Waals surface area contributed by atoms with Gasteiger partial charge < -0.3 is 5.11 Å². The van der Waals surface area contributed by atoms with Crippen LogP contribution in [0.3, 0.4) is 0 Å². The van der Waals surface area contributed by atoms with Crippen LogP contribution < -0.4 is 0 Å². The highest BCUT2D eigenvalue weighted by Gasteiger charge is 2.66. The molecule has 25 heavy (non-hydrogen) atoms. The SMILES string of the molecule is C#C[C@]1(O)[C@H](C)CC2C3C(C4=C(CC(=O)CC4)C[C@H]3C)[C@@H](C)C[C@@]21C. The molecule has 1 N–H and O–H groups in total. The lowest BCUT2D eigenvalue weighted by molar-refractivity contribution is -0.120. The van der Waals surface area contributed by atoms with Gasteiger partial charge in [0.15, 0.2) is 0 Å². The zero-order valence-electron chi connectivity index (χ0n) is 16.1. The van der Waals surface area contributed by atoms with Gasteiger partial charge in [0.2, 0.25) is 0 Å². The first-order valence-corrected chi connectivity index (χ1v) is 10.2. The maximum Gasteiger partial charge on any atom is 0.137 e. The van der Waals surface area contributed by atoms with E-state index in [1.165, 1.54) is 5.57 Å². The second kappa shape index (κ2) is 5.46. The number of aliphatic hydroxyl groups is 1. The quantitative estimate of drug-likeness (QED) is 0.525. The molecule has 4 aliphatic carbocycles. The first-order valence-electron chi connectivity index (χ1n) is 10.2. The smallest absolute Gasteiger partial charge is 0.137 e. The second-order valence-electron chi connectivity index (χ2n) is 9.88. The van der Waals surface area contributed by atoms with Gasteiger partial charge in [0.1, 0.15) is 11.4 Å². The lowest BCUT2D eigenvalue weighted by Crippen LogP contribution is -2.55. The third kappa shape index (κ3) is 2.11. The normalized spacial score (nSPS) is 52.2. The van der Waals surface area contributed by atoms with Crippen LogP contribution in [0.25, 0.3) is 0 Å². The Morgan fingerprint density at radius 2 is 1.92 bits per heavy atom. The van der Waals surface area contributed by atoms with Gasteiger partial charge in [-0.15, -0.1) is 6.42 Å². The van der Waals surface area contributed by atoms with Gasteiger partial charge >= 0.3 is 0 Å². The number of carbonyl (C=O) groups is 1. The van der Waals surface area contributed by atoms with Crippen LogP contribution in [0.4, 0.5) is 0 Å². The summed E-state index contributed by atoms with van der Waals surface area (Å²) in [5, 5.41) is 11.4. The Hall–Kier alpha value is -1.07. The number of Topliss-reactive ketones (excluding diaryl/α,β-unsaturated/α-hetero) is 1. The molecular formula is C23H32O2. The average molecular weight is 341 g/mol. The fourth-order valence-corrected chi connectivity index (χ4v) is 7.63. The van der Waals surface area contributed by atoms with E-state index < -0.39 is 5.60 Å². The fraction of sp³-hybridized carbons (Fsp3) is 0.783. The largest absolute Gasteiger partial charge is 0.377 e. The minimum Gasteiger partial charge on any atom is -0.377 e. The van der Waals surface area contributed by atoms with Crippen molar-refractivity contribution in [3.63, 3.8) is 0 Å². The Morgan fingerprint density at radius 3 is 2.60 bits per heavy atom. The van der Waals surface area contributed by atoms with E-state index in [0.29, 0.717) is 41.8 Å². The summed E-state index contributed by atoms with van der Waals surface area (Å²) < 4.78 is 0. The minimum atomic E-state index is -0.978. The molecule has 8 atom stereocenters. The Morgan fingerprint density at radius 1 is 1.20 bits per heavy atom. The molecule has 3 unspecified atom stereocenters. The Bertz CT molecular complexity index is 683. The summed E-state index contributed by atoms with van der Waals surface area (Å²) >= 11 is 0. The molecule has 136 valence electrons. The molecular weight excluding hydrogens is 308 g/mol. The molecule has 4 aliphatic rings. The van der Waals surface area contributed by atoms with Crippen molar-refractivity contribution in [3.8, 4) is 12.3 Å². The fourth-order valence-electron chi connectivity index (χ4n) is 7.63. The molecule has 4 rings (SSSR count). The van der Waals surface area contributed by atoms with Crippen LogP contribution in [0, 0.1) is 53.3 Å². The van der Waals surface area contributed by atoms with Gasteiger partial charge in [0.25, 0.3) is 0 Å². The molecule has 0 amide bonds. The molecule has 0 bridgehead atoms. The van der Waals surface area contributed by atoms with Gasteiger partial charge in [-0.25, -0.2) is 0 Å². The Kier molecular flexibility index (Phi) is 3.79. The average Bonchev–Trinajstić information content (AvgIpc) is 2.75. The molecule has 2 fully saturated rings. The maximum atomic E-state index is 12.0. The van der Waals surface area contributed by atoms with Crippen molar-refractivity contribution in [2.45, 2.75) is 71.8 Å². The predicted molar refractivity (Wildman–Crippen MR) is 99.6 cm³/mol. The lowest BCUT2D eigenvalue weighted by atomic mass is 9.47. The van der Waals surface area contributed by atoms with Gasteiger partial charge in [-0.05, 0) is 61.2 Å². The van der Waals surface area contributed by atoms with Crippen LogP contribution in [-0.2, 0) is 4.79 Å². The lowest BCUT2D eigenvalue weighted by Gasteiger charge is -2.57. The highest BCUT2D eigenvalue weighted by atomic mass is 16.3. The first-order chi connectivity index (χ1) is 11.7. The van der Waals surface area contributed by atoms with E-state index in [1.54, 1.807) is 5.57 Å². The highest BCUT2D eigenvalue weighted by Crippen LogP contribution is 2.67. The Balaban J connectivity index is 1.79. The number of fused-ring (bicyclic) bond motifs is 4. The highest BCUT2D eigenvalue weighted by molar-refractivity contribution is 5.82. The predicted octanol–water partition coefficient (Wildman–Crippen LogP) is 4.37. The van der Waals surface area contributed by atoms with Crippen molar-refractivity contribution in [1.82, 2.24) is 0 Å². The van der Waals surface area contributed by atoms with E-state index >= 15 is 0 Å². The first kappa shape index (κ1) is 17.3.